The molecule has 0 radical (unpaired) electrons. The van der Waals surface area contributed by atoms with Crippen LogP contribution in [0.5, 0.6) is 0 Å². The SMILES string of the molecule is CNCCc1ccccc1COCCN(C)C. The number of rotatable bonds is 8. The summed E-state index contributed by atoms with van der Waals surface area (Å²) in [7, 11) is 6.10. The maximum absolute atomic E-state index is 5.69. The zero-order valence-corrected chi connectivity index (χ0v) is 11.2. The zero-order valence-electron chi connectivity index (χ0n) is 11.2. The predicted octanol–water partition coefficient (Wildman–Crippen LogP) is 1.53. The van der Waals surface area contributed by atoms with Crippen LogP contribution in [0.15, 0.2) is 24.3 Å². The molecule has 0 aromatic heterocycles. The summed E-state index contributed by atoms with van der Waals surface area (Å²) in [5.74, 6) is 0. The molecular weight excluding hydrogens is 212 g/mol. The first-order valence-electron chi connectivity index (χ1n) is 6.18. The predicted molar refractivity (Wildman–Crippen MR) is 72.3 cm³/mol. The smallest absolute Gasteiger partial charge is 0.0720 e. The Labute approximate surface area is 105 Å². The number of nitrogens with one attached hydrogen (secondary N) is 1. The second-order valence-corrected chi connectivity index (χ2v) is 4.48. The van der Waals surface area contributed by atoms with Crippen molar-refractivity contribution in [3.05, 3.63) is 35.4 Å². The zero-order chi connectivity index (χ0) is 12.5. The van der Waals surface area contributed by atoms with E-state index >= 15 is 0 Å². The maximum atomic E-state index is 5.69. The van der Waals surface area contributed by atoms with E-state index in [0.717, 1.165) is 26.1 Å². The van der Waals surface area contributed by atoms with Gasteiger partial charge in [0, 0.05) is 6.54 Å². The highest BCUT2D eigenvalue weighted by atomic mass is 16.5. The average molecular weight is 236 g/mol. The Morgan fingerprint density at radius 3 is 2.53 bits per heavy atom. The van der Waals surface area contributed by atoms with Gasteiger partial charge in [0.1, 0.15) is 0 Å². The highest BCUT2D eigenvalue weighted by molar-refractivity contribution is 5.26. The summed E-state index contributed by atoms with van der Waals surface area (Å²) in [5.41, 5.74) is 2.69. The molecule has 0 fully saturated rings. The molecule has 1 aromatic rings. The molecule has 3 heteroatoms. The normalized spacial score (nSPS) is 11.1. The van der Waals surface area contributed by atoms with E-state index in [2.05, 4.69) is 48.6 Å². The van der Waals surface area contributed by atoms with Crippen LogP contribution in [-0.2, 0) is 17.8 Å². The third-order valence-corrected chi connectivity index (χ3v) is 2.70. The topological polar surface area (TPSA) is 24.5 Å². The van der Waals surface area contributed by atoms with Crippen molar-refractivity contribution in [3.63, 3.8) is 0 Å². The van der Waals surface area contributed by atoms with Crippen LogP contribution in [0.4, 0.5) is 0 Å². The van der Waals surface area contributed by atoms with E-state index in [1.54, 1.807) is 0 Å². The summed E-state index contributed by atoms with van der Waals surface area (Å²) in [6.07, 6.45) is 1.06. The molecule has 1 rings (SSSR count). The number of likely N-dealkylation sites (N-methyl/N-ethyl adjacent to an activating group) is 2. The van der Waals surface area contributed by atoms with Gasteiger partial charge >= 0.3 is 0 Å². The number of hydrogen-bond acceptors (Lipinski definition) is 3. The van der Waals surface area contributed by atoms with Crippen LogP contribution in [0.3, 0.4) is 0 Å². The summed E-state index contributed by atoms with van der Waals surface area (Å²) < 4.78 is 5.69. The van der Waals surface area contributed by atoms with Crippen molar-refractivity contribution < 1.29 is 4.74 Å². The molecule has 3 nitrogen and oxygen atoms in total. The van der Waals surface area contributed by atoms with Gasteiger partial charge in [0.2, 0.25) is 0 Å². The Morgan fingerprint density at radius 2 is 1.88 bits per heavy atom. The van der Waals surface area contributed by atoms with E-state index in [1.807, 2.05) is 7.05 Å². The van der Waals surface area contributed by atoms with Crippen LogP contribution in [0.25, 0.3) is 0 Å². The molecule has 0 aliphatic carbocycles. The molecule has 17 heavy (non-hydrogen) atoms. The van der Waals surface area contributed by atoms with E-state index in [9.17, 15) is 0 Å². The Balaban J connectivity index is 2.40. The monoisotopic (exact) mass is 236 g/mol. The Hall–Kier alpha value is -0.900. The van der Waals surface area contributed by atoms with Gasteiger partial charge in [-0.3, -0.25) is 0 Å². The molecule has 1 N–H and O–H groups in total. The lowest BCUT2D eigenvalue weighted by Gasteiger charge is -2.12. The lowest BCUT2D eigenvalue weighted by molar-refractivity contribution is 0.105. The molecular formula is C14H24N2O. The summed E-state index contributed by atoms with van der Waals surface area (Å²) in [5, 5.41) is 3.18. The minimum atomic E-state index is 0.716. The average Bonchev–Trinajstić information content (AvgIpc) is 2.33. The number of benzene rings is 1. The van der Waals surface area contributed by atoms with Gasteiger partial charge in [-0.1, -0.05) is 24.3 Å². The number of hydrogen-bond donors (Lipinski definition) is 1. The third kappa shape index (κ3) is 5.82. The first kappa shape index (κ1) is 14.2. The highest BCUT2D eigenvalue weighted by Gasteiger charge is 2.01. The minimum Gasteiger partial charge on any atom is -0.375 e. The maximum Gasteiger partial charge on any atom is 0.0720 e. The fourth-order valence-electron chi connectivity index (χ4n) is 1.63. The Morgan fingerprint density at radius 1 is 1.18 bits per heavy atom. The van der Waals surface area contributed by atoms with Crippen molar-refractivity contribution in [1.82, 2.24) is 10.2 Å². The van der Waals surface area contributed by atoms with Crippen LogP contribution in [0.2, 0.25) is 0 Å². The van der Waals surface area contributed by atoms with E-state index in [0.29, 0.717) is 6.61 Å². The Bertz CT molecular complexity index is 313. The Kier molecular flexibility index (Phi) is 6.86. The molecule has 1 aromatic carbocycles. The molecule has 0 amide bonds. The van der Waals surface area contributed by atoms with Crippen molar-refractivity contribution >= 4 is 0 Å². The van der Waals surface area contributed by atoms with E-state index < -0.39 is 0 Å². The lowest BCUT2D eigenvalue weighted by atomic mass is 10.1. The van der Waals surface area contributed by atoms with Gasteiger partial charge in [-0.15, -0.1) is 0 Å². The fraction of sp³-hybridized carbons (Fsp3) is 0.571. The highest BCUT2D eigenvalue weighted by Crippen LogP contribution is 2.10. The largest absolute Gasteiger partial charge is 0.375 e. The van der Waals surface area contributed by atoms with Crippen LogP contribution in [0.1, 0.15) is 11.1 Å². The molecule has 0 aliphatic heterocycles. The molecule has 0 aliphatic rings. The van der Waals surface area contributed by atoms with Gasteiger partial charge in [-0.25, -0.2) is 0 Å². The number of nitrogens with zero attached hydrogens (tertiary/aromatic N) is 1. The van der Waals surface area contributed by atoms with E-state index in [4.69, 9.17) is 4.74 Å². The van der Waals surface area contributed by atoms with Crippen molar-refractivity contribution in [2.45, 2.75) is 13.0 Å². The van der Waals surface area contributed by atoms with Gasteiger partial charge in [-0.2, -0.15) is 0 Å². The molecule has 0 unspecified atom stereocenters. The second kappa shape index (κ2) is 8.23. The van der Waals surface area contributed by atoms with E-state index in [-0.39, 0.29) is 0 Å². The molecule has 0 saturated carbocycles. The first-order valence-corrected chi connectivity index (χ1v) is 6.18. The fourth-order valence-corrected chi connectivity index (χ4v) is 1.63. The van der Waals surface area contributed by atoms with Gasteiger partial charge in [0.15, 0.2) is 0 Å². The molecule has 96 valence electrons. The van der Waals surface area contributed by atoms with Gasteiger partial charge in [0.05, 0.1) is 13.2 Å². The van der Waals surface area contributed by atoms with Crippen LogP contribution < -0.4 is 5.32 Å². The standard InChI is InChI=1S/C14H24N2O/c1-15-9-8-13-6-4-5-7-14(13)12-17-11-10-16(2)3/h4-7,15H,8-12H2,1-3H3. The van der Waals surface area contributed by atoms with Crippen LogP contribution >= 0.6 is 0 Å². The molecule has 0 bridgehead atoms. The van der Waals surface area contributed by atoms with E-state index in [1.165, 1.54) is 11.1 Å². The molecule has 0 spiro atoms. The lowest BCUT2D eigenvalue weighted by Crippen LogP contribution is -2.18. The molecule has 0 heterocycles. The summed E-state index contributed by atoms with van der Waals surface area (Å²) in [4.78, 5) is 2.13. The molecule has 0 saturated heterocycles. The third-order valence-electron chi connectivity index (χ3n) is 2.70. The second-order valence-electron chi connectivity index (χ2n) is 4.48. The van der Waals surface area contributed by atoms with Crippen molar-refractivity contribution in [2.75, 3.05) is 40.8 Å². The van der Waals surface area contributed by atoms with Crippen molar-refractivity contribution in [3.8, 4) is 0 Å². The van der Waals surface area contributed by atoms with Crippen LogP contribution in [-0.4, -0.2) is 45.7 Å². The van der Waals surface area contributed by atoms with Crippen molar-refractivity contribution in [2.24, 2.45) is 0 Å². The van der Waals surface area contributed by atoms with Crippen LogP contribution in [0, 0.1) is 0 Å². The summed E-state index contributed by atoms with van der Waals surface area (Å²) in [6.45, 7) is 3.48. The molecule has 0 atom stereocenters. The van der Waals surface area contributed by atoms with Gasteiger partial charge in [0.25, 0.3) is 0 Å². The van der Waals surface area contributed by atoms with Gasteiger partial charge < -0.3 is 15.0 Å². The van der Waals surface area contributed by atoms with Crippen molar-refractivity contribution in [1.29, 1.82) is 0 Å². The minimum absolute atomic E-state index is 0.716. The first-order chi connectivity index (χ1) is 8.24. The summed E-state index contributed by atoms with van der Waals surface area (Å²) in [6, 6.07) is 8.50. The summed E-state index contributed by atoms with van der Waals surface area (Å²) >= 11 is 0. The quantitative estimate of drug-likeness (QED) is 0.693. The number of ether oxygens (including phenoxy) is 1. The van der Waals surface area contributed by atoms with Gasteiger partial charge in [-0.05, 0) is 45.2 Å².